The van der Waals surface area contributed by atoms with E-state index >= 15 is 0 Å². The number of amides is 1. The Morgan fingerprint density at radius 3 is 2.54 bits per heavy atom. The van der Waals surface area contributed by atoms with Crippen LogP contribution in [0.25, 0.3) is 0 Å². The summed E-state index contributed by atoms with van der Waals surface area (Å²) in [4.78, 5) is 12.8. The van der Waals surface area contributed by atoms with Gasteiger partial charge in [0, 0.05) is 23.9 Å². The number of aryl methyl sites for hydroxylation is 2. The summed E-state index contributed by atoms with van der Waals surface area (Å²) in [7, 11) is 7.12. The number of carbonyl (C=O) groups excluding carboxylic acids is 1. The number of aromatic nitrogens is 2. The van der Waals surface area contributed by atoms with E-state index in [0.29, 0.717) is 22.1 Å². The molecule has 140 valence electrons. The van der Waals surface area contributed by atoms with Crippen LogP contribution in [0.5, 0.6) is 0 Å². The Bertz CT molecular complexity index is 846. The first-order chi connectivity index (χ1) is 12.4. The Kier molecular flexibility index (Phi) is 5.05. The van der Waals surface area contributed by atoms with E-state index in [1.165, 1.54) is 4.68 Å². The maximum Gasteiger partial charge on any atom is 0.260 e. The molecule has 4 N–H and O–H groups in total. The van der Waals surface area contributed by atoms with E-state index in [0.717, 1.165) is 11.1 Å². The van der Waals surface area contributed by atoms with Crippen LogP contribution in [0, 0.1) is 6.92 Å². The van der Waals surface area contributed by atoms with E-state index in [1.54, 1.807) is 21.0 Å². The van der Waals surface area contributed by atoms with Gasteiger partial charge >= 0.3 is 0 Å². The lowest BCUT2D eigenvalue weighted by molar-refractivity contribution is -0.123. The Morgan fingerprint density at radius 1 is 1.31 bits per heavy atom. The van der Waals surface area contributed by atoms with Gasteiger partial charge < -0.3 is 10.1 Å². The Balaban J connectivity index is 2.03. The number of ether oxygens (including phenoxy) is 1. The second kappa shape index (κ2) is 6.98. The topological polar surface area (TPSA) is 92.2 Å². The monoisotopic (exact) mass is 378 g/mol. The van der Waals surface area contributed by atoms with Crippen LogP contribution in [-0.2, 0) is 17.6 Å². The van der Waals surface area contributed by atoms with Crippen molar-refractivity contribution in [1.82, 2.24) is 25.7 Å². The van der Waals surface area contributed by atoms with Crippen LogP contribution in [0.3, 0.4) is 0 Å². The molecule has 0 spiro atoms. The van der Waals surface area contributed by atoms with Crippen molar-refractivity contribution in [2.24, 2.45) is 7.05 Å². The molecule has 1 aromatic heterocycles. The van der Waals surface area contributed by atoms with Gasteiger partial charge in [0.15, 0.2) is 0 Å². The minimum absolute atomic E-state index is 0.300. The summed E-state index contributed by atoms with van der Waals surface area (Å²) in [6, 6.07) is 5.67. The molecule has 1 aliphatic heterocycles. The van der Waals surface area contributed by atoms with Gasteiger partial charge in [-0.05, 0) is 34.1 Å². The molecular weight excluding hydrogens is 356 g/mol. The number of nitrogens with zero attached hydrogens (tertiary/aromatic N) is 2. The highest BCUT2D eigenvalue weighted by Crippen LogP contribution is 2.42. The minimum Gasteiger partial charge on any atom is -0.321 e. The van der Waals surface area contributed by atoms with Crippen molar-refractivity contribution in [1.29, 1.82) is 0 Å². The van der Waals surface area contributed by atoms with Gasteiger partial charge in [-0.25, -0.2) is 0 Å². The number of anilines is 1. The number of fused-ring (bicyclic) bond motifs is 1. The SMILES string of the molecule is CNC1OC(NC)(NC)c2cccc(NC(=O)c3c(C)nn(C)c3Cl)c21. The van der Waals surface area contributed by atoms with Gasteiger partial charge in [0.25, 0.3) is 5.91 Å². The van der Waals surface area contributed by atoms with Crippen molar-refractivity contribution in [2.75, 3.05) is 26.5 Å². The summed E-state index contributed by atoms with van der Waals surface area (Å²) in [6.45, 7) is 1.75. The van der Waals surface area contributed by atoms with Gasteiger partial charge in [0.05, 0.1) is 11.3 Å². The smallest absolute Gasteiger partial charge is 0.260 e. The fourth-order valence-corrected chi connectivity index (χ4v) is 3.61. The summed E-state index contributed by atoms with van der Waals surface area (Å²) in [5.41, 5.74) is 3.33. The molecule has 2 heterocycles. The zero-order valence-corrected chi connectivity index (χ0v) is 16.2. The quantitative estimate of drug-likeness (QED) is 0.588. The molecule has 1 atom stereocenters. The first kappa shape index (κ1) is 18.8. The van der Waals surface area contributed by atoms with Crippen molar-refractivity contribution in [3.8, 4) is 0 Å². The maximum atomic E-state index is 12.8. The molecule has 1 amide bonds. The number of carbonyl (C=O) groups is 1. The molecule has 0 saturated heterocycles. The largest absolute Gasteiger partial charge is 0.321 e. The molecule has 0 saturated carbocycles. The Labute approximate surface area is 157 Å². The highest BCUT2D eigenvalue weighted by molar-refractivity contribution is 6.33. The lowest BCUT2D eigenvalue weighted by atomic mass is 10.0. The number of hydrogen-bond acceptors (Lipinski definition) is 6. The first-order valence-electron chi connectivity index (χ1n) is 8.25. The molecule has 8 nitrogen and oxygen atoms in total. The number of halogens is 1. The average molecular weight is 379 g/mol. The number of hydrogen-bond donors (Lipinski definition) is 4. The van der Waals surface area contributed by atoms with Crippen molar-refractivity contribution < 1.29 is 9.53 Å². The summed E-state index contributed by atoms with van der Waals surface area (Å²) >= 11 is 6.22. The lowest BCUT2D eigenvalue weighted by Crippen LogP contribution is -2.51. The molecule has 0 radical (unpaired) electrons. The van der Waals surface area contributed by atoms with E-state index in [2.05, 4.69) is 26.4 Å². The molecule has 3 rings (SSSR count). The van der Waals surface area contributed by atoms with Crippen LogP contribution < -0.4 is 21.3 Å². The minimum atomic E-state index is -0.842. The van der Waals surface area contributed by atoms with Gasteiger partial charge in [0.1, 0.15) is 11.4 Å². The summed E-state index contributed by atoms with van der Waals surface area (Å²) in [6.07, 6.45) is -0.396. The third kappa shape index (κ3) is 2.80. The van der Waals surface area contributed by atoms with E-state index < -0.39 is 12.1 Å². The molecule has 26 heavy (non-hydrogen) atoms. The second-order valence-electron chi connectivity index (χ2n) is 6.06. The molecular formula is C17H23ClN6O2. The predicted molar refractivity (Wildman–Crippen MR) is 100 cm³/mol. The second-order valence-corrected chi connectivity index (χ2v) is 6.42. The predicted octanol–water partition coefficient (Wildman–Crippen LogP) is 1.43. The molecule has 9 heteroatoms. The van der Waals surface area contributed by atoms with Crippen molar-refractivity contribution in [3.05, 3.63) is 45.7 Å². The van der Waals surface area contributed by atoms with Crippen molar-refractivity contribution in [2.45, 2.75) is 19.0 Å². The highest BCUT2D eigenvalue weighted by Gasteiger charge is 2.44. The Morgan fingerprint density at radius 2 is 2.00 bits per heavy atom. The van der Waals surface area contributed by atoms with E-state index in [-0.39, 0.29) is 5.91 Å². The van der Waals surface area contributed by atoms with Gasteiger partial charge in [-0.1, -0.05) is 23.7 Å². The van der Waals surface area contributed by atoms with Gasteiger partial charge in [-0.3, -0.25) is 25.4 Å². The van der Waals surface area contributed by atoms with Crippen LogP contribution in [0.15, 0.2) is 18.2 Å². The third-order valence-corrected chi connectivity index (χ3v) is 5.07. The maximum absolute atomic E-state index is 12.8. The summed E-state index contributed by atoms with van der Waals surface area (Å²) in [5, 5.41) is 16.9. The van der Waals surface area contributed by atoms with Gasteiger partial charge in [-0.2, -0.15) is 5.10 Å². The van der Waals surface area contributed by atoms with Crippen LogP contribution in [0.1, 0.15) is 33.4 Å². The molecule has 0 aliphatic carbocycles. The molecule has 0 bridgehead atoms. The van der Waals surface area contributed by atoms with E-state index in [1.807, 2.05) is 32.3 Å². The van der Waals surface area contributed by atoms with E-state index in [4.69, 9.17) is 16.3 Å². The molecule has 1 unspecified atom stereocenters. The highest BCUT2D eigenvalue weighted by atomic mass is 35.5. The van der Waals surface area contributed by atoms with Crippen molar-refractivity contribution in [3.63, 3.8) is 0 Å². The van der Waals surface area contributed by atoms with Crippen LogP contribution in [0.2, 0.25) is 5.15 Å². The lowest BCUT2D eigenvalue weighted by Gasteiger charge is -2.29. The zero-order valence-electron chi connectivity index (χ0n) is 15.4. The van der Waals surface area contributed by atoms with Gasteiger partial charge in [0.2, 0.25) is 5.85 Å². The standard InChI is InChI=1S/C17H23ClN6O2/c1-9-12(14(18)24(5)23-9)15(25)22-11-8-6-7-10-13(11)16(19-2)26-17(10,20-3)21-4/h6-8,16,19-21H,1-5H3,(H,22,25). The number of benzene rings is 1. The van der Waals surface area contributed by atoms with Crippen LogP contribution in [0.4, 0.5) is 5.69 Å². The van der Waals surface area contributed by atoms with Crippen LogP contribution >= 0.6 is 11.6 Å². The normalized spacial score (nSPS) is 18.0. The Hall–Kier alpha value is -1.97. The van der Waals surface area contributed by atoms with E-state index in [9.17, 15) is 4.79 Å². The average Bonchev–Trinajstić information content (AvgIpc) is 3.09. The summed E-state index contributed by atoms with van der Waals surface area (Å²) in [5.74, 6) is -1.15. The number of rotatable bonds is 5. The molecule has 0 fully saturated rings. The molecule has 1 aliphatic rings. The zero-order chi connectivity index (χ0) is 19.1. The summed E-state index contributed by atoms with van der Waals surface area (Å²) < 4.78 is 7.60. The third-order valence-electron chi connectivity index (χ3n) is 4.64. The first-order valence-corrected chi connectivity index (χ1v) is 8.63. The fraction of sp³-hybridized carbons (Fsp3) is 0.412. The van der Waals surface area contributed by atoms with Gasteiger partial charge in [-0.15, -0.1) is 0 Å². The molecule has 2 aromatic rings. The molecule has 1 aromatic carbocycles. The van der Waals surface area contributed by atoms with Crippen molar-refractivity contribution >= 4 is 23.2 Å². The number of nitrogens with one attached hydrogen (secondary N) is 4. The fourth-order valence-electron chi connectivity index (χ4n) is 3.35. The van der Waals surface area contributed by atoms with Crippen LogP contribution in [-0.4, -0.2) is 36.8 Å².